The lowest BCUT2D eigenvalue weighted by atomic mass is 9.95. The summed E-state index contributed by atoms with van der Waals surface area (Å²) in [5.74, 6) is -0.134. The summed E-state index contributed by atoms with van der Waals surface area (Å²) in [4.78, 5) is 13.3. The number of ketones is 1. The Labute approximate surface area is 148 Å². The van der Waals surface area contributed by atoms with Crippen molar-refractivity contribution in [3.63, 3.8) is 0 Å². The summed E-state index contributed by atoms with van der Waals surface area (Å²) in [5, 5.41) is 0. The molecule has 25 heavy (non-hydrogen) atoms. The zero-order chi connectivity index (χ0) is 17.6. The van der Waals surface area contributed by atoms with Gasteiger partial charge in [0.1, 0.15) is 0 Å². The van der Waals surface area contributed by atoms with E-state index in [0.717, 1.165) is 5.56 Å². The van der Waals surface area contributed by atoms with Crippen molar-refractivity contribution in [2.45, 2.75) is 4.90 Å². The van der Waals surface area contributed by atoms with E-state index in [1.807, 2.05) is 48.5 Å². The molecule has 1 unspecified atom stereocenters. The first-order valence-electron chi connectivity index (χ1n) is 7.73. The van der Waals surface area contributed by atoms with Gasteiger partial charge in [0.25, 0.3) is 0 Å². The zero-order valence-corrected chi connectivity index (χ0v) is 14.1. The molecule has 0 aliphatic carbocycles. The Kier molecular flexibility index (Phi) is 5.33. The number of rotatable bonds is 5. The van der Waals surface area contributed by atoms with E-state index < -0.39 is 11.1 Å². The summed E-state index contributed by atoms with van der Waals surface area (Å²) < 4.78 is 20.7. The average Bonchev–Trinajstić information content (AvgIpc) is 2.67. The molecule has 0 bridgehead atoms. The Balaban J connectivity index is 2.13. The molecular formula is C21H16O3S. The van der Waals surface area contributed by atoms with E-state index in [0.29, 0.717) is 16.7 Å². The number of carbonyl (C=O) groups excluding carboxylic acids is 1. The maximum absolute atomic E-state index is 13.0. The van der Waals surface area contributed by atoms with Crippen LogP contribution in [0.5, 0.6) is 0 Å². The monoisotopic (exact) mass is 348 g/mol. The van der Waals surface area contributed by atoms with Gasteiger partial charge in [0.2, 0.25) is 0 Å². The first-order valence-corrected chi connectivity index (χ1v) is 8.83. The quantitative estimate of drug-likeness (QED) is 0.315. The summed E-state index contributed by atoms with van der Waals surface area (Å²) >= 11 is -2.10. The Morgan fingerprint density at radius 3 is 2.04 bits per heavy atom. The first kappa shape index (κ1) is 17.0. The van der Waals surface area contributed by atoms with Crippen LogP contribution >= 0.6 is 0 Å². The van der Waals surface area contributed by atoms with Crippen molar-refractivity contribution in [2.24, 2.45) is 0 Å². The lowest BCUT2D eigenvalue weighted by Crippen LogP contribution is -2.03. The van der Waals surface area contributed by atoms with Crippen LogP contribution in [0, 0.1) is 0 Å². The van der Waals surface area contributed by atoms with Gasteiger partial charge in [0, 0.05) is 11.1 Å². The van der Waals surface area contributed by atoms with E-state index in [9.17, 15) is 13.6 Å². The number of benzene rings is 3. The molecule has 3 aromatic rings. The molecule has 3 nitrogen and oxygen atoms in total. The van der Waals surface area contributed by atoms with Gasteiger partial charge in [-0.05, 0) is 29.3 Å². The lowest BCUT2D eigenvalue weighted by Gasteiger charge is -2.09. The molecule has 0 saturated heterocycles. The van der Waals surface area contributed by atoms with Gasteiger partial charge >= 0.3 is 0 Å². The van der Waals surface area contributed by atoms with Gasteiger partial charge < -0.3 is 4.55 Å². The fourth-order valence-electron chi connectivity index (χ4n) is 2.51. The van der Waals surface area contributed by atoms with Crippen molar-refractivity contribution >= 4 is 28.5 Å². The standard InChI is InChI=1S/C21H16O3S/c22-21(17-10-5-2-6-11-17)20(14-16-8-3-1-4-9-16)18-12-7-13-19(15-18)25(23)24/h1-15H,(H,23,24)/b20-14-. The van der Waals surface area contributed by atoms with Gasteiger partial charge in [-0.25, -0.2) is 4.21 Å². The largest absolute Gasteiger partial charge is 0.302 e. The van der Waals surface area contributed by atoms with Crippen molar-refractivity contribution in [3.8, 4) is 0 Å². The van der Waals surface area contributed by atoms with Crippen LogP contribution in [0.1, 0.15) is 21.5 Å². The Morgan fingerprint density at radius 1 is 0.800 bits per heavy atom. The van der Waals surface area contributed by atoms with E-state index in [1.54, 1.807) is 42.5 Å². The molecule has 1 N–H and O–H groups in total. The smallest absolute Gasteiger partial charge is 0.193 e. The van der Waals surface area contributed by atoms with Crippen LogP contribution in [0.3, 0.4) is 0 Å². The highest BCUT2D eigenvalue weighted by Gasteiger charge is 2.15. The molecule has 3 aromatic carbocycles. The molecule has 124 valence electrons. The van der Waals surface area contributed by atoms with E-state index in [-0.39, 0.29) is 10.7 Å². The van der Waals surface area contributed by atoms with Crippen LogP contribution < -0.4 is 0 Å². The summed E-state index contributed by atoms with van der Waals surface area (Å²) in [5.41, 5.74) is 2.54. The number of Topliss-reactive ketones (excluding diaryl/α,β-unsaturated/α-hetero) is 1. The number of carbonyl (C=O) groups is 1. The van der Waals surface area contributed by atoms with Gasteiger partial charge in [0.05, 0.1) is 4.90 Å². The van der Waals surface area contributed by atoms with Gasteiger partial charge in [-0.1, -0.05) is 72.8 Å². The first-order chi connectivity index (χ1) is 12.1. The van der Waals surface area contributed by atoms with Crippen LogP contribution in [0.15, 0.2) is 89.8 Å². The Hall–Kier alpha value is -2.82. The maximum Gasteiger partial charge on any atom is 0.193 e. The third-order valence-corrected chi connectivity index (χ3v) is 4.40. The highest BCUT2D eigenvalue weighted by molar-refractivity contribution is 7.79. The highest BCUT2D eigenvalue weighted by Crippen LogP contribution is 2.24. The molecule has 0 spiro atoms. The van der Waals surface area contributed by atoms with E-state index in [2.05, 4.69) is 0 Å². The number of allylic oxidation sites excluding steroid dienone is 1. The molecular weight excluding hydrogens is 332 g/mol. The fourth-order valence-corrected chi connectivity index (χ4v) is 2.94. The highest BCUT2D eigenvalue weighted by atomic mass is 32.2. The third kappa shape index (κ3) is 4.18. The molecule has 0 radical (unpaired) electrons. The maximum atomic E-state index is 13.0. The van der Waals surface area contributed by atoms with Crippen molar-refractivity contribution in [2.75, 3.05) is 0 Å². The second-order valence-electron chi connectivity index (χ2n) is 5.44. The summed E-state index contributed by atoms with van der Waals surface area (Å²) in [6.07, 6.45) is 1.80. The summed E-state index contributed by atoms with van der Waals surface area (Å²) in [6, 6.07) is 25.1. The lowest BCUT2D eigenvalue weighted by molar-refractivity contribution is 0.105. The van der Waals surface area contributed by atoms with Crippen LogP contribution in [-0.4, -0.2) is 14.5 Å². The molecule has 0 heterocycles. The Bertz CT molecular complexity index is 932. The van der Waals surface area contributed by atoms with Crippen molar-refractivity contribution < 1.29 is 13.6 Å². The molecule has 0 saturated carbocycles. The van der Waals surface area contributed by atoms with Gasteiger partial charge in [-0.3, -0.25) is 4.79 Å². The second-order valence-corrected chi connectivity index (χ2v) is 6.41. The summed E-state index contributed by atoms with van der Waals surface area (Å²) in [7, 11) is 0. The van der Waals surface area contributed by atoms with E-state index >= 15 is 0 Å². The van der Waals surface area contributed by atoms with Crippen molar-refractivity contribution in [1.82, 2.24) is 0 Å². The van der Waals surface area contributed by atoms with E-state index in [1.165, 1.54) is 0 Å². The molecule has 0 aromatic heterocycles. The topological polar surface area (TPSA) is 54.4 Å². The average molecular weight is 348 g/mol. The molecule has 4 heteroatoms. The normalized spacial score (nSPS) is 12.6. The predicted molar refractivity (Wildman–Crippen MR) is 101 cm³/mol. The van der Waals surface area contributed by atoms with Crippen LogP contribution in [0.4, 0.5) is 0 Å². The number of hydrogen-bond acceptors (Lipinski definition) is 2. The second kappa shape index (κ2) is 7.83. The minimum absolute atomic E-state index is 0.134. The zero-order valence-electron chi connectivity index (χ0n) is 13.3. The predicted octanol–water partition coefficient (Wildman–Crippen LogP) is 4.69. The fraction of sp³-hybridized carbons (Fsp3) is 0. The molecule has 0 fully saturated rings. The van der Waals surface area contributed by atoms with Crippen LogP contribution in [-0.2, 0) is 11.1 Å². The number of hydrogen-bond donors (Lipinski definition) is 1. The third-order valence-electron chi connectivity index (χ3n) is 3.74. The van der Waals surface area contributed by atoms with Crippen molar-refractivity contribution in [1.29, 1.82) is 0 Å². The van der Waals surface area contributed by atoms with Crippen LogP contribution in [0.25, 0.3) is 11.6 Å². The minimum Gasteiger partial charge on any atom is -0.302 e. The summed E-state index contributed by atoms with van der Waals surface area (Å²) in [6.45, 7) is 0. The molecule has 1 atom stereocenters. The van der Waals surface area contributed by atoms with Gasteiger partial charge in [-0.2, -0.15) is 0 Å². The van der Waals surface area contributed by atoms with E-state index in [4.69, 9.17) is 0 Å². The van der Waals surface area contributed by atoms with Crippen molar-refractivity contribution in [3.05, 3.63) is 102 Å². The molecule has 0 aliphatic heterocycles. The minimum atomic E-state index is -2.10. The SMILES string of the molecule is O=C(/C(=C\c1ccccc1)c1cccc(S(=O)O)c1)c1ccccc1. The molecule has 0 amide bonds. The molecule has 0 aliphatic rings. The molecule has 3 rings (SSSR count). The Morgan fingerprint density at radius 2 is 1.40 bits per heavy atom. The van der Waals surface area contributed by atoms with Gasteiger partial charge in [0.15, 0.2) is 16.9 Å². The van der Waals surface area contributed by atoms with Crippen LogP contribution in [0.2, 0.25) is 0 Å². The van der Waals surface area contributed by atoms with Gasteiger partial charge in [-0.15, -0.1) is 0 Å².